The molecule has 0 aliphatic heterocycles. The van der Waals surface area contributed by atoms with Crippen LogP contribution in [0.3, 0.4) is 0 Å². The molecule has 1 amide bonds. The summed E-state index contributed by atoms with van der Waals surface area (Å²) >= 11 is 0. The molecule has 0 heterocycles. The number of rotatable bonds is 7. The Morgan fingerprint density at radius 2 is 1.90 bits per heavy atom. The molecule has 0 aromatic heterocycles. The molecule has 20 heavy (non-hydrogen) atoms. The number of carboxylic acid groups (broad SMARTS) is 1. The van der Waals surface area contributed by atoms with Crippen LogP contribution in [-0.2, 0) is 14.6 Å². The first-order valence-corrected chi connectivity index (χ1v) is 7.95. The molecule has 112 valence electrons. The highest BCUT2D eigenvalue weighted by atomic mass is 32.2. The van der Waals surface area contributed by atoms with E-state index < -0.39 is 22.0 Å². The fourth-order valence-electron chi connectivity index (χ4n) is 1.68. The van der Waals surface area contributed by atoms with Crippen molar-refractivity contribution < 1.29 is 23.1 Å². The van der Waals surface area contributed by atoms with Crippen LogP contribution in [0.15, 0.2) is 29.2 Å². The molecule has 0 saturated heterocycles. The number of hydrogen-bond acceptors (Lipinski definition) is 4. The number of nitrogens with one attached hydrogen (secondary N) is 1. The van der Waals surface area contributed by atoms with Crippen molar-refractivity contribution in [3.05, 3.63) is 29.8 Å². The van der Waals surface area contributed by atoms with Gasteiger partial charge in [-0.1, -0.05) is 19.1 Å². The van der Waals surface area contributed by atoms with Crippen LogP contribution in [0.4, 0.5) is 4.79 Å². The highest BCUT2D eigenvalue weighted by Gasteiger charge is 2.16. The molecule has 0 bridgehead atoms. The maximum Gasteiger partial charge on any atom is 0.405 e. The Balaban J connectivity index is 2.95. The Bertz CT molecular complexity index is 538. The standard InChI is InChI=1S/C13H19NO5S/c1-3-19-9-12(14-13(15)16)10-5-7-11(8-6-10)20(17,18)4-2/h5-8,12,14H,3-4,9H2,1-2H3,(H,15,16)/t12-/m0/s1. The zero-order chi connectivity index (χ0) is 15.2. The maximum absolute atomic E-state index is 11.7. The molecule has 1 aromatic rings. The summed E-state index contributed by atoms with van der Waals surface area (Å²) in [4.78, 5) is 11.0. The van der Waals surface area contributed by atoms with Gasteiger partial charge in [0, 0.05) is 6.61 Å². The van der Waals surface area contributed by atoms with Gasteiger partial charge in [-0.2, -0.15) is 0 Å². The van der Waals surface area contributed by atoms with Crippen molar-refractivity contribution in [2.45, 2.75) is 24.8 Å². The van der Waals surface area contributed by atoms with Gasteiger partial charge < -0.3 is 15.2 Å². The van der Waals surface area contributed by atoms with Crippen LogP contribution in [0.1, 0.15) is 25.5 Å². The normalized spacial score (nSPS) is 12.9. The zero-order valence-corrected chi connectivity index (χ0v) is 12.3. The van der Waals surface area contributed by atoms with Gasteiger partial charge in [-0.25, -0.2) is 13.2 Å². The molecule has 6 nitrogen and oxygen atoms in total. The summed E-state index contributed by atoms with van der Waals surface area (Å²) in [5.41, 5.74) is 0.663. The molecule has 0 fully saturated rings. The van der Waals surface area contributed by atoms with Crippen molar-refractivity contribution in [3.63, 3.8) is 0 Å². The first kappa shape index (κ1) is 16.5. The first-order chi connectivity index (χ1) is 9.40. The van der Waals surface area contributed by atoms with Crippen LogP contribution in [0, 0.1) is 0 Å². The number of amides is 1. The summed E-state index contributed by atoms with van der Waals surface area (Å²) in [6, 6.07) is 5.64. The summed E-state index contributed by atoms with van der Waals surface area (Å²) < 4.78 is 28.6. The summed E-state index contributed by atoms with van der Waals surface area (Å²) in [5, 5.41) is 11.1. The van der Waals surface area contributed by atoms with E-state index >= 15 is 0 Å². The van der Waals surface area contributed by atoms with Gasteiger partial charge in [0.05, 0.1) is 23.3 Å². The zero-order valence-electron chi connectivity index (χ0n) is 11.5. The molecule has 0 unspecified atom stereocenters. The lowest BCUT2D eigenvalue weighted by Crippen LogP contribution is -2.30. The monoisotopic (exact) mass is 301 g/mol. The largest absolute Gasteiger partial charge is 0.465 e. The summed E-state index contributed by atoms with van der Waals surface area (Å²) in [7, 11) is -3.25. The van der Waals surface area contributed by atoms with E-state index in [4.69, 9.17) is 9.84 Å². The van der Waals surface area contributed by atoms with Gasteiger partial charge in [0.2, 0.25) is 0 Å². The van der Waals surface area contributed by atoms with E-state index in [1.807, 2.05) is 6.92 Å². The number of sulfone groups is 1. The molecule has 2 N–H and O–H groups in total. The highest BCUT2D eigenvalue weighted by molar-refractivity contribution is 7.91. The van der Waals surface area contributed by atoms with E-state index in [0.717, 1.165) is 0 Å². The van der Waals surface area contributed by atoms with Crippen LogP contribution in [0.5, 0.6) is 0 Å². The second-order valence-corrected chi connectivity index (χ2v) is 6.41. The fraction of sp³-hybridized carbons (Fsp3) is 0.462. The highest BCUT2D eigenvalue weighted by Crippen LogP contribution is 2.18. The van der Waals surface area contributed by atoms with Crippen molar-refractivity contribution in [1.29, 1.82) is 0 Å². The van der Waals surface area contributed by atoms with Crippen molar-refractivity contribution in [3.8, 4) is 0 Å². The van der Waals surface area contributed by atoms with Gasteiger partial charge in [-0.15, -0.1) is 0 Å². The lowest BCUT2D eigenvalue weighted by Gasteiger charge is -2.17. The van der Waals surface area contributed by atoms with E-state index in [1.165, 1.54) is 12.1 Å². The van der Waals surface area contributed by atoms with Crippen LogP contribution in [-0.4, -0.2) is 38.6 Å². The second-order valence-electron chi connectivity index (χ2n) is 4.13. The minimum absolute atomic E-state index is 0.0299. The summed E-state index contributed by atoms with van der Waals surface area (Å²) in [6.07, 6.45) is -1.15. The van der Waals surface area contributed by atoms with Gasteiger partial charge >= 0.3 is 6.09 Å². The van der Waals surface area contributed by atoms with E-state index in [1.54, 1.807) is 19.1 Å². The minimum Gasteiger partial charge on any atom is -0.465 e. The number of hydrogen-bond donors (Lipinski definition) is 2. The fourth-order valence-corrected chi connectivity index (χ4v) is 2.56. The van der Waals surface area contributed by atoms with E-state index in [9.17, 15) is 13.2 Å². The molecule has 0 radical (unpaired) electrons. The third-order valence-corrected chi connectivity index (χ3v) is 4.56. The predicted molar refractivity (Wildman–Crippen MR) is 74.6 cm³/mol. The van der Waals surface area contributed by atoms with Crippen LogP contribution >= 0.6 is 0 Å². The molecule has 0 spiro atoms. The van der Waals surface area contributed by atoms with Crippen molar-refractivity contribution in [2.75, 3.05) is 19.0 Å². The number of carbonyl (C=O) groups is 1. The average Bonchev–Trinajstić information content (AvgIpc) is 2.43. The van der Waals surface area contributed by atoms with Crippen LogP contribution < -0.4 is 5.32 Å². The van der Waals surface area contributed by atoms with Gasteiger partial charge in [-0.3, -0.25) is 0 Å². The smallest absolute Gasteiger partial charge is 0.405 e. The Morgan fingerprint density at radius 1 is 1.30 bits per heavy atom. The Morgan fingerprint density at radius 3 is 2.35 bits per heavy atom. The quantitative estimate of drug-likeness (QED) is 0.801. The van der Waals surface area contributed by atoms with Crippen molar-refractivity contribution in [1.82, 2.24) is 5.32 Å². The van der Waals surface area contributed by atoms with Crippen molar-refractivity contribution in [2.24, 2.45) is 0 Å². The van der Waals surface area contributed by atoms with Gasteiger partial charge in [-0.05, 0) is 24.6 Å². The number of ether oxygens (including phenoxy) is 1. The van der Waals surface area contributed by atoms with E-state index in [2.05, 4.69) is 5.32 Å². The van der Waals surface area contributed by atoms with Crippen LogP contribution in [0.25, 0.3) is 0 Å². The summed E-state index contributed by atoms with van der Waals surface area (Å²) in [6.45, 7) is 4.06. The Hall–Kier alpha value is -1.60. The topological polar surface area (TPSA) is 92.7 Å². The SMILES string of the molecule is CCOC[C@H](NC(=O)O)c1ccc(S(=O)(=O)CC)cc1. The lowest BCUT2D eigenvalue weighted by atomic mass is 10.1. The molecule has 1 rings (SSSR count). The maximum atomic E-state index is 11.7. The molecule has 0 aliphatic rings. The Kier molecular flexibility index (Phi) is 5.97. The minimum atomic E-state index is -3.25. The predicted octanol–water partition coefficient (Wildman–Crippen LogP) is 1.83. The molecule has 1 aromatic carbocycles. The molecular formula is C13H19NO5S. The Labute approximate surface area is 118 Å². The second kappa shape index (κ2) is 7.25. The molecule has 0 aliphatic carbocycles. The third-order valence-electron chi connectivity index (χ3n) is 2.81. The average molecular weight is 301 g/mol. The molecule has 0 saturated carbocycles. The van der Waals surface area contributed by atoms with Gasteiger partial charge in [0.1, 0.15) is 0 Å². The third kappa shape index (κ3) is 4.50. The van der Waals surface area contributed by atoms with Crippen LogP contribution in [0.2, 0.25) is 0 Å². The first-order valence-electron chi connectivity index (χ1n) is 6.30. The summed E-state index contributed by atoms with van der Waals surface area (Å²) in [5.74, 6) is 0.0299. The van der Waals surface area contributed by atoms with Crippen molar-refractivity contribution >= 4 is 15.9 Å². The lowest BCUT2D eigenvalue weighted by molar-refractivity contribution is 0.118. The van der Waals surface area contributed by atoms with Gasteiger partial charge in [0.25, 0.3) is 0 Å². The number of benzene rings is 1. The molecular weight excluding hydrogens is 282 g/mol. The van der Waals surface area contributed by atoms with E-state index in [0.29, 0.717) is 12.2 Å². The molecule has 1 atom stereocenters. The van der Waals surface area contributed by atoms with Gasteiger partial charge in [0.15, 0.2) is 9.84 Å². The van der Waals surface area contributed by atoms with E-state index in [-0.39, 0.29) is 17.3 Å². The molecule has 7 heteroatoms.